The fourth-order valence-corrected chi connectivity index (χ4v) is 1.31. The SMILES string of the molecule is CC(CCN)C(=O)Nc1ccc([N+](=O)[O-])cc1. The molecule has 0 saturated heterocycles. The maximum Gasteiger partial charge on any atom is 0.269 e. The van der Waals surface area contributed by atoms with Crippen LogP contribution in [0, 0.1) is 16.0 Å². The second-order valence-corrected chi connectivity index (χ2v) is 3.77. The number of hydrogen-bond acceptors (Lipinski definition) is 4. The van der Waals surface area contributed by atoms with Gasteiger partial charge in [0.05, 0.1) is 4.92 Å². The molecule has 0 aromatic heterocycles. The van der Waals surface area contributed by atoms with Gasteiger partial charge in [-0.2, -0.15) is 0 Å². The Morgan fingerprint density at radius 2 is 2.06 bits per heavy atom. The van der Waals surface area contributed by atoms with E-state index in [-0.39, 0.29) is 17.5 Å². The Hall–Kier alpha value is -1.95. The number of rotatable bonds is 5. The number of nitro benzene ring substituents is 1. The van der Waals surface area contributed by atoms with E-state index in [9.17, 15) is 14.9 Å². The smallest absolute Gasteiger partial charge is 0.269 e. The van der Waals surface area contributed by atoms with Gasteiger partial charge in [0.25, 0.3) is 5.69 Å². The highest BCUT2D eigenvalue weighted by Crippen LogP contribution is 2.16. The number of carbonyl (C=O) groups is 1. The lowest BCUT2D eigenvalue weighted by Gasteiger charge is -2.10. The molecule has 1 unspecified atom stereocenters. The average molecular weight is 237 g/mol. The largest absolute Gasteiger partial charge is 0.330 e. The van der Waals surface area contributed by atoms with E-state index < -0.39 is 4.92 Å². The molecule has 0 aliphatic carbocycles. The first kappa shape index (κ1) is 13.1. The van der Waals surface area contributed by atoms with E-state index >= 15 is 0 Å². The Morgan fingerprint density at radius 3 is 2.53 bits per heavy atom. The van der Waals surface area contributed by atoms with Gasteiger partial charge >= 0.3 is 0 Å². The predicted octanol–water partition coefficient (Wildman–Crippen LogP) is 1.52. The Bertz CT molecular complexity index is 403. The molecule has 0 aliphatic heterocycles. The minimum atomic E-state index is -0.483. The van der Waals surface area contributed by atoms with Crippen molar-refractivity contribution in [2.45, 2.75) is 13.3 Å². The van der Waals surface area contributed by atoms with Gasteiger partial charge in [-0.15, -0.1) is 0 Å². The molecule has 3 N–H and O–H groups in total. The van der Waals surface area contributed by atoms with E-state index in [0.29, 0.717) is 18.7 Å². The fourth-order valence-electron chi connectivity index (χ4n) is 1.31. The van der Waals surface area contributed by atoms with Crippen molar-refractivity contribution in [1.29, 1.82) is 0 Å². The lowest BCUT2D eigenvalue weighted by Crippen LogP contribution is -2.22. The van der Waals surface area contributed by atoms with Gasteiger partial charge in [0.15, 0.2) is 0 Å². The Labute approximate surface area is 99.0 Å². The Balaban J connectivity index is 2.63. The normalized spacial score (nSPS) is 11.9. The van der Waals surface area contributed by atoms with Gasteiger partial charge in [-0.3, -0.25) is 14.9 Å². The van der Waals surface area contributed by atoms with Gasteiger partial charge in [0.2, 0.25) is 5.91 Å². The predicted molar refractivity (Wildman–Crippen MR) is 64.6 cm³/mol. The van der Waals surface area contributed by atoms with Crippen molar-refractivity contribution in [3.63, 3.8) is 0 Å². The maximum atomic E-state index is 11.6. The minimum absolute atomic E-state index is 0.00185. The second kappa shape index (κ2) is 5.95. The molecule has 1 aromatic carbocycles. The van der Waals surface area contributed by atoms with Crippen molar-refractivity contribution < 1.29 is 9.72 Å². The summed E-state index contributed by atoms with van der Waals surface area (Å²) in [6, 6.07) is 5.71. The first-order valence-corrected chi connectivity index (χ1v) is 5.30. The maximum absolute atomic E-state index is 11.6. The molecule has 0 bridgehead atoms. The number of nitro groups is 1. The molecule has 0 fully saturated rings. The first-order valence-electron chi connectivity index (χ1n) is 5.30. The molecule has 0 aliphatic rings. The summed E-state index contributed by atoms with van der Waals surface area (Å²) in [4.78, 5) is 21.6. The van der Waals surface area contributed by atoms with E-state index in [4.69, 9.17) is 5.73 Å². The topological polar surface area (TPSA) is 98.3 Å². The number of hydrogen-bond donors (Lipinski definition) is 2. The summed E-state index contributed by atoms with van der Waals surface area (Å²) in [7, 11) is 0. The van der Waals surface area contributed by atoms with E-state index in [0.717, 1.165) is 0 Å². The molecule has 1 aromatic rings. The third-order valence-electron chi connectivity index (χ3n) is 2.39. The van der Waals surface area contributed by atoms with Crippen LogP contribution in [0.5, 0.6) is 0 Å². The summed E-state index contributed by atoms with van der Waals surface area (Å²) in [6.45, 7) is 2.24. The van der Waals surface area contributed by atoms with Crippen molar-refractivity contribution in [1.82, 2.24) is 0 Å². The van der Waals surface area contributed by atoms with Crippen molar-refractivity contribution >= 4 is 17.3 Å². The number of non-ortho nitro benzene ring substituents is 1. The molecule has 0 radical (unpaired) electrons. The number of anilines is 1. The monoisotopic (exact) mass is 237 g/mol. The number of benzene rings is 1. The quantitative estimate of drug-likeness (QED) is 0.599. The zero-order chi connectivity index (χ0) is 12.8. The molecule has 92 valence electrons. The third kappa shape index (κ3) is 3.84. The van der Waals surface area contributed by atoms with Crippen molar-refractivity contribution in [3.05, 3.63) is 34.4 Å². The molecule has 1 amide bonds. The van der Waals surface area contributed by atoms with E-state index in [1.807, 2.05) is 0 Å². The van der Waals surface area contributed by atoms with Crippen LogP contribution in [0.4, 0.5) is 11.4 Å². The van der Waals surface area contributed by atoms with Crippen LogP contribution in [0.15, 0.2) is 24.3 Å². The van der Waals surface area contributed by atoms with Crippen molar-refractivity contribution in [2.24, 2.45) is 11.7 Å². The molecule has 0 heterocycles. The summed E-state index contributed by atoms with van der Waals surface area (Å²) in [6.07, 6.45) is 0.610. The minimum Gasteiger partial charge on any atom is -0.330 e. The number of amides is 1. The molecule has 17 heavy (non-hydrogen) atoms. The van der Waals surface area contributed by atoms with Gasteiger partial charge in [-0.05, 0) is 25.1 Å². The van der Waals surface area contributed by atoms with E-state index in [2.05, 4.69) is 5.32 Å². The molecule has 6 heteroatoms. The third-order valence-corrected chi connectivity index (χ3v) is 2.39. The van der Waals surface area contributed by atoms with Crippen molar-refractivity contribution in [3.8, 4) is 0 Å². The average Bonchev–Trinajstić information content (AvgIpc) is 2.30. The van der Waals surface area contributed by atoms with Crippen LogP contribution in [0.2, 0.25) is 0 Å². The summed E-state index contributed by atoms with van der Waals surface area (Å²) in [5.74, 6) is -0.306. The lowest BCUT2D eigenvalue weighted by atomic mass is 10.1. The highest BCUT2D eigenvalue weighted by atomic mass is 16.6. The summed E-state index contributed by atoms with van der Waals surface area (Å²) in [5.41, 5.74) is 5.90. The van der Waals surface area contributed by atoms with Gasteiger partial charge in [0.1, 0.15) is 0 Å². The highest BCUT2D eigenvalue weighted by Gasteiger charge is 2.12. The molecule has 1 rings (SSSR count). The second-order valence-electron chi connectivity index (χ2n) is 3.77. The van der Waals surface area contributed by atoms with Crippen LogP contribution in [0.3, 0.4) is 0 Å². The van der Waals surface area contributed by atoms with Gasteiger partial charge < -0.3 is 11.1 Å². The molecular formula is C11H15N3O3. The zero-order valence-corrected chi connectivity index (χ0v) is 9.55. The standard InChI is InChI=1S/C11H15N3O3/c1-8(6-7-12)11(15)13-9-2-4-10(5-3-9)14(16)17/h2-5,8H,6-7,12H2,1H3,(H,13,15). The first-order chi connectivity index (χ1) is 8.04. The highest BCUT2D eigenvalue weighted by molar-refractivity contribution is 5.92. The van der Waals surface area contributed by atoms with Crippen molar-refractivity contribution in [2.75, 3.05) is 11.9 Å². The molecular weight excluding hydrogens is 222 g/mol. The number of carbonyl (C=O) groups excluding carboxylic acids is 1. The molecule has 0 spiro atoms. The fraction of sp³-hybridized carbons (Fsp3) is 0.364. The van der Waals surface area contributed by atoms with E-state index in [1.54, 1.807) is 6.92 Å². The number of nitrogens with zero attached hydrogens (tertiary/aromatic N) is 1. The zero-order valence-electron chi connectivity index (χ0n) is 9.55. The molecule has 1 atom stereocenters. The van der Waals surface area contributed by atoms with Crippen LogP contribution in [0.1, 0.15) is 13.3 Å². The summed E-state index contributed by atoms with van der Waals surface area (Å²) in [5, 5.41) is 13.1. The number of nitrogens with two attached hydrogens (primary N) is 1. The van der Waals surface area contributed by atoms with Crippen LogP contribution in [0.25, 0.3) is 0 Å². The van der Waals surface area contributed by atoms with Crippen LogP contribution < -0.4 is 11.1 Å². The lowest BCUT2D eigenvalue weighted by molar-refractivity contribution is -0.384. The molecule has 0 saturated carbocycles. The number of nitrogens with one attached hydrogen (secondary N) is 1. The van der Waals surface area contributed by atoms with Crippen LogP contribution >= 0.6 is 0 Å². The Morgan fingerprint density at radius 1 is 1.47 bits per heavy atom. The summed E-state index contributed by atoms with van der Waals surface area (Å²) >= 11 is 0. The van der Waals surface area contributed by atoms with Gasteiger partial charge in [0, 0.05) is 23.7 Å². The summed E-state index contributed by atoms with van der Waals surface area (Å²) < 4.78 is 0. The van der Waals surface area contributed by atoms with Gasteiger partial charge in [-0.25, -0.2) is 0 Å². The van der Waals surface area contributed by atoms with Gasteiger partial charge in [-0.1, -0.05) is 6.92 Å². The van der Waals surface area contributed by atoms with Crippen LogP contribution in [-0.4, -0.2) is 17.4 Å². The van der Waals surface area contributed by atoms with Crippen LogP contribution in [-0.2, 0) is 4.79 Å². The van der Waals surface area contributed by atoms with E-state index in [1.165, 1.54) is 24.3 Å². The molecule has 6 nitrogen and oxygen atoms in total. The Kier molecular flexibility index (Phi) is 4.59.